The van der Waals surface area contributed by atoms with Gasteiger partial charge in [0, 0.05) is 19.0 Å². The number of carbonyl (C=O) groups excluding carboxylic acids is 3. The van der Waals surface area contributed by atoms with Crippen LogP contribution in [-0.2, 0) is 19.1 Å². The quantitative estimate of drug-likeness (QED) is 0.716. The highest BCUT2D eigenvalue weighted by Crippen LogP contribution is 2.29. The van der Waals surface area contributed by atoms with Gasteiger partial charge in [0.15, 0.2) is 0 Å². The van der Waals surface area contributed by atoms with Gasteiger partial charge in [-0.1, -0.05) is 0 Å². The van der Waals surface area contributed by atoms with Gasteiger partial charge in [-0.25, -0.2) is 0 Å². The third-order valence-electron chi connectivity index (χ3n) is 3.49. The first-order valence-corrected chi connectivity index (χ1v) is 6.84. The summed E-state index contributed by atoms with van der Waals surface area (Å²) in [5, 5.41) is 2.70. The summed E-state index contributed by atoms with van der Waals surface area (Å²) in [7, 11) is 0. The van der Waals surface area contributed by atoms with Crippen LogP contribution in [0.25, 0.3) is 0 Å². The Bertz CT molecular complexity index is 369. The largest absolute Gasteiger partial charge is 0.465 e. The van der Waals surface area contributed by atoms with Gasteiger partial charge in [-0.3, -0.25) is 14.4 Å². The van der Waals surface area contributed by atoms with Gasteiger partial charge in [-0.15, -0.1) is 0 Å². The second-order valence-corrected chi connectivity index (χ2v) is 5.04. The van der Waals surface area contributed by atoms with Crippen molar-refractivity contribution in [3.8, 4) is 0 Å². The molecule has 0 radical (unpaired) electrons. The van der Waals surface area contributed by atoms with Gasteiger partial charge in [0.2, 0.25) is 11.8 Å². The van der Waals surface area contributed by atoms with Crippen molar-refractivity contribution in [3.63, 3.8) is 0 Å². The summed E-state index contributed by atoms with van der Waals surface area (Å²) in [6.07, 6.45) is 2.85. The van der Waals surface area contributed by atoms with Gasteiger partial charge in [0.05, 0.1) is 12.5 Å². The van der Waals surface area contributed by atoms with E-state index in [0.717, 1.165) is 12.8 Å². The Morgan fingerprint density at radius 2 is 2.11 bits per heavy atom. The molecule has 1 aliphatic carbocycles. The molecule has 1 atom stereocenters. The summed E-state index contributed by atoms with van der Waals surface area (Å²) >= 11 is 0. The molecule has 2 amide bonds. The smallest absolute Gasteiger partial charge is 0.325 e. The van der Waals surface area contributed by atoms with Crippen LogP contribution < -0.4 is 5.32 Å². The molecule has 2 rings (SSSR count). The highest BCUT2D eigenvalue weighted by Gasteiger charge is 2.38. The number of nitrogens with zero attached hydrogens (tertiary/aromatic N) is 1. The van der Waals surface area contributed by atoms with E-state index in [9.17, 15) is 14.4 Å². The van der Waals surface area contributed by atoms with E-state index in [2.05, 4.69) is 5.32 Å². The van der Waals surface area contributed by atoms with E-state index >= 15 is 0 Å². The van der Waals surface area contributed by atoms with Crippen LogP contribution in [0.5, 0.6) is 0 Å². The molecule has 0 aromatic rings. The zero-order valence-corrected chi connectivity index (χ0v) is 11.2. The van der Waals surface area contributed by atoms with Crippen molar-refractivity contribution in [1.29, 1.82) is 0 Å². The fraction of sp³-hybridized carbons (Fsp3) is 0.769. The lowest BCUT2D eigenvalue weighted by atomic mass is 9.97. The average molecular weight is 268 g/mol. The van der Waals surface area contributed by atoms with Crippen molar-refractivity contribution in [2.45, 2.75) is 38.6 Å². The van der Waals surface area contributed by atoms with Crippen molar-refractivity contribution < 1.29 is 19.1 Å². The van der Waals surface area contributed by atoms with E-state index in [1.807, 2.05) is 0 Å². The second kappa shape index (κ2) is 6.04. The maximum Gasteiger partial charge on any atom is 0.325 e. The summed E-state index contributed by atoms with van der Waals surface area (Å²) in [6.45, 7) is 2.48. The molecule has 106 valence electrons. The number of carbonyl (C=O) groups is 3. The highest BCUT2D eigenvalue weighted by molar-refractivity contribution is 5.86. The van der Waals surface area contributed by atoms with Gasteiger partial charge in [0.25, 0.3) is 0 Å². The lowest BCUT2D eigenvalue weighted by Gasteiger charge is -2.28. The fourth-order valence-corrected chi connectivity index (χ4v) is 2.30. The molecule has 6 nitrogen and oxygen atoms in total. The number of hydrogen-bond donors (Lipinski definition) is 1. The number of esters is 1. The van der Waals surface area contributed by atoms with Crippen LogP contribution in [0.2, 0.25) is 0 Å². The third kappa shape index (κ3) is 3.68. The summed E-state index contributed by atoms with van der Waals surface area (Å²) in [6, 6.07) is 0.175. The Balaban J connectivity index is 1.92. The zero-order valence-electron chi connectivity index (χ0n) is 11.2. The minimum Gasteiger partial charge on any atom is -0.465 e. The maximum atomic E-state index is 12.4. The molecule has 19 heavy (non-hydrogen) atoms. The first kappa shape index (κ1) is 13.8. The predicted octanol–water partition coefficient (Wildman–Crippen LogP) is 0.0667. The first-order valence-electron chi connectivity index (χ1n) is 6.84. The lowest BCUT2D eigenvalue weighted by Crippen LogP contribution is -2.47. The summed E-state index contributed by atoms with van der Waals surface area (Å²) < 4.78 is 4.90. The van der Waals surface area contributed by atoms with Gasteiger partial charge in [0.1, 0.15) is 6.54 Å². The molecule has 6 heteroatoms. The molecule has 1 unspecified atom stereocenters. The van der Waals surface area contributed by atoms with Crippen molar-refractivity contribution in [3.05, 3.63) is 0 Å². The van der Waals surface area contributed by atoms with E-state index < -0.39 is 0 Å². The number of rotatable bonds is 5. The van der Waals surface area contributed by atoms with E-state index in [1.54, 1.807) is 11.8 Å². The molecular formula is C13H20N2O4. The monoisotopic (exact) mass is 268 g/mol. The van der Waals surface area contributed by atoms with Gasteiger partial charge in [-0.2, -0.15) is 0 Å². The zero-order chi connectivity index (χ0) is 13.8. The first-order chi connectivity index (χ1) is 9.11. The normalized spacial score (nSPS) is 22.6. The predicted molar refractivity (Wildman–Crippen MR) is 67.1 cm³/mol. The van der Waals surface area contributed by atoms with Crippen LogP contribution in [0.3, 0.4) is 0 Å². The van der Waals surface area contributed by atoms with Gasteiger partial charge < -0.3 is 15.0 Å². The summed E-state index contributed by atoms with van der Waals surface area (Å²) in [5.74, 6) is -0.599. The van der Waals surface area contributed by atoms with E-state index in [-0.39, 0.29) is 36.3 Å². The SMILES string of the molecule is CCOC(=O)CN(C(=O)C1CCC(=O)NC1)C1CC1. The minimum absolute atomic E-state index is 0.00702. The molecule has 1 heterocycles. The molecular weight excluding hydrogens is 248 g/mol. The topological polar surface area (TPSA) is 75.7 Å². The molecule has 1 aliphatic heterocycles. The van der Waals surface area contributed by atoms with Crippen LogP contribution in [0.1, 0.15) is 32.6 Å². The molecule has 1 saturated carbocycles. The average Bonchev–Trinajstić information content (AvgIpc) is 3.21. The summed E-state index contributed by atoms with van der Waals surface area (Å²) in [5.41, 5.74) is 0. The maximum absolute atomic E-state index is 12.4. The second-order valence-electron chi connectivity index (χ2n) is 5.04. The number of hydrogen-bond acceptors (Lipinski definition) is 4. The van der Waals surface area contributed by atoms with Crippen molar-refractivity contribution in [1.82, 2.24) is 10.2 Å². The van der Waals surface area contributed by atoms with Gasteiger partial charge >= 0.3 is 5.97 Å². The fourth-order valence-electron chi connectivity index (χ4n) is 2.30. The number of ether oxygens (including phenoxy) is 1. The molecule has 0 spiro atoms. The highest BCUT2D eigenvalue weighted by atomic mass is 16.5. The Morgan fingerprint density at radius 1 is 1.37 bits per heavy atom. The summed E-state index contributed by atoms with van der Waals surface area (Å²) in [4.78, 5) is 36.7. The van der Waals surface area contributed by atoms with Crippen LogP contribution in [-0.4, -0.2) is 48.4 Å². The molecule has 2 fully saturated rings. The van der Waals surface area contributed by atoms with Crippen LogP contribution in [0.4, 0.5) is 0 Å². The van der Waals surface area contributed by atoms with Crippen molar-refractivity contribution in [2.75, 3.05) is 19.7 Å². The molecule has 1 N–H and O–H groups in total. The number of nitrogens with one attached hydrogen (secondary N) is 1. The minimum atomic E-state index is -0.359. The molecule has 1 saturated heterocycles. The molecule has 0 aromatic carbocycles. The standard InChI is InChI=1S/C13H20N2O4/c1-2-19-12(17)8-15(10-4-5-10)13(18)9-3-6-11(16)14-7-9/h9-10H,2-8H2,1H3,(H,14,16). The van der Waals surface area contributed by atoms with Crippen LogP contribution in [0, 0.1) is 5.92 Å². The molecule has 0 bridgehead atoms. The van der Waals surface area contributed by atoms with E-state index in [4.69, 9.17) is 4.74 Å². The number of piperidine rings is 1. The molecule has 2 aliphatic rings. The van der Waals surface area contributed by atoms with E-state index in [1.165, 1.54) is 0 Å². The Kier molecular flexibility index (Phi) is 4.39. The lowest BCUT2D eigenvalue weighted by molar-refractivity contribution is -0.151. The number of amides is 2. The Labute approximate surface area is 112 Å². The van der Waals surface area contributed by atoms with Crippen LogP contribution >= 0.6 is 0 Å². The van der Waals surface area contributed by atoms with E-state index in [0.29, 0.717) is 26.0 Å². The van der Waals surface area contributed by atoms with Crippen LogP contribution in [0.15, 0.2) is 0 Å². The Morgan fingerprint density at radius 3 is 2.63 bits per heavy atom. The van der Waals surface area contributed by atoms with Crippen molar-refractivity contribution in [2.24, 2.45) is 5.92 Å². The van der Waals surface area contributed by atoms with Crippen molar-refractivity contribution >= 4 is 17.8 Å². The third-order valence-corrected chi connectivity index (χ3v) is 3.49. The molecule has 0 aromatic heterocycles. The Hall–Kier alpha value is -1.59. The van der Waals surface area contributed by atoms with Gasteiger partial charge in [-0.05, 0) is 26.2 Å².